The predicted octanol–water partition coefficient (Wildman–Crippen LogP) is 3.30. The number of nitrogens with one attached hydrogen (secondary N) is 1. The molecule has 3 unspecified atom stereocenters. The number of nitrogens with zero attached hydrogens (tertiary/aromatic N) is 1. The molecule has 0 bridgehead atoms. The van der Waals surface area contributed by atoms with Crippen molar-refractivity contribution < 1.29 is 14.3 Å². The third-order valence-corrected chi connectivity index (χ3v) is 5.41. The monoisotopic (exact) mass is 372 g/mol. The van der Waals surface area contributed by atoms with Gasteiger partial charge in [0.05, 0.1) is 25.1 Å². The zero-order chi connectivity index (χ0) is 18.5. The molecule has 1 N–H and O–H groups in total. The molecule has 138 valence electrons. The maximum atomic E-state index is 12.9. The van der Waals surface area contributed by atoms with Crippen LogP contribution in [0, 0.1) is 0 Å². The van der Waals surface area contributed by atoms with Gasteiger partial charge >= 0.3 is 0 Å². The van der Waals surface area contributed by atoms with E-state index in [-0.39, 0.29) is 36.5 Å². The minimum atomic E-state index is -0.284. The Kier molecular flexibility index (Phi) is 6.06. The highest BCUT2D eigenvalue weighted by Crippen LogP contribution is 2.28. The number of carbonyl (C=O) groups excluding carboxylic acids is 2. The molecule has 5 nitrogen and oxygen atoms in total. The number of benzene rings is 1. The van der Waals surface area contributed by atoms with Crippen LogP contribution >= 0.6 is 11.3 Å². The van der Waals surface area contributed by atoms with Gasteiger partial charge in [-0.15, -0.1) is 11.3 Å². The highest BCUT2D eigenvalue weighted by molar-refractivity contribution is 7.10. The van der Waals surface area contributed by atoms with E-state index in [0.29, 0.717) is 13.1 Å². The smallest absolute Gasteiger partial charge is 0.225 e. The zero-order valence-corrected chi connectivity index (χ0v) is 15.9. The van der Waals surface area contributed by atoms with Crippen molar-refractivity contribution in [2.75, 3.05) is 13.1 Å². The molecule has 1 aromatic carbocycles. The Morgan fingerprint density at radius 3 is 2.65 bits per heavy atom. The van der Waals surface area contributed by atoms with Crippen LogP contribution < -0.4 is 5.32 Å². The van der Waals surface area contributed by atoms with Gasteiger partial charge < -0.3 is 15.0 Å². The summed E-state index contributed by atoms with van der Waals surface area (Å²) < 4.78 is 6.03. The minimum absolute atomic E-state index is 0.0288. The van der Waals surface area contributed by atoms with E-state index in [9.17, 15) is 9.59 Å². The van der Waals surface area contributed by atoms with E-state index >= 15 is 0 Å². The lowest BCUT2D eigenvalue weighted by Crippen LogP contribution is -2.47. The van der Waals surface area contributed by atoms with Crippen LogP contribution in [0.25, 0.3) is 0 Å². The highest BCUT2D eigenvalue weighted by atomic mass is 32.1. The number of carbonyl (C=O) groups is 2. The van der Waals surface area contributed by atoms with Crippen LogP contribution in [-0.2, 0) is 14.3 Å². The molecule has 0 spiro atoms. The summed E-state index contributed by atoms with van der Waals surface area (Å²) in [5.74, 6) is -0.0954. The van der Waals surface area contributed by atoms with Gasteiger partial charge in [-0.2, -0.15) is 0 Å². The minimum Gasteiger partial charge on any atom is -0.367 e. The lowest BCUT2D eigenvalue weighted by molar-refractivity contribution is -0.145. The summed E-state index contributed by atoms with van der Waals surface area (Å²) >= 11 is 1.55. The first-order chi connectivity index (χ1) is 12.5. The zero-order valence-electron chi connectivity index (χ0n) is 15.1. The van der Waals surface area contributed by atoms with E-state index in [1.165, 1.54) is 6.92 Å². The van der Waals surface area contributed by atoms with Gasteiger partial charge in [0.25, 0.3) is 0 Å². The summed E-state index contributed by atoms with van der Waals surface area (Å²) in [4.78, 5) is 27.3. The van der Waals surface area contributed by atoms with Crippen molar-refractivity contribution in [3.05, 3.63) is 58.3 Å². The summed E-state index contributed by atoms with van der Waals surface area (Å²) in [5, 5.41) is 4.85. The third kappa shape index (κ3) is 4.71. The van der Waals surface area contributed by atoms with Crippen molar-refractivity contribution in [1.29, 1.82) is 0 Å². The van der Waals surface area contributed by atoms with Crippen molar-refractivity contribution in [3.63, 3.8) is 0 Å². The Hall–Kier alpha value is -2.18. The van der Waals surface area contributed by atoms with Crippen molar-refractivity contribution in [2.24, 2.45) is 0 Å². The van der Waals surface area contributed by atoms with Gasteiger partial charge in [0.2, 0.25) is 11.8 Å². The Bertz CT molecular complexity index is 733. The van der Waals surface area contributed by atoms with Crippen molar-refractivity contribution in [2.45, 2.75) is 38.5 Å². The lowest BCUT2D eigenvalue weighted by Gasteiger charge is -2.37. The van der Waals surface area contributed by atoms with E-state index in [1.54, 1.807) is 11.3 Å². The average molecular weight is 372 g/mol. The summed E-state index contributed by atoms with van der Waals surface area (Å²) in [6.45, 7) is 4.57. The second kappa shape index (κ2) is 8.47. The first-order valence-corrected chi connectivity index (χ1v) is 9.69. The molecule has 6 heteroatoms. The first-order valence-electron chi connectivity index (χ1n) is 8.81. The van der Waals surface area contributed by atoms with Gasteiger partial charge in [0.1, 0.15) is 6.10 Å². The molecule has 2 aromatic rings. The van der Waals surface area contributed by atoms with E-state index in [1.807, 2.05) is 59.7 Å². The number of hydrogen-bond donors (Lipinski definition) is 1. The fourth-order valence-corrected chi connectivity index (χ4v) is 4.05. The third-order valence-electron chi connectivity index (χ3n) is 4.43. The normalized spacial score (nSPS) is 21.2. The predicted molar refractivity (Wildman–Crippen MR) is 102 cm³/mol. The fraction of sp³-hybridized carbons (Fsp3) is 0.400. The van der Waals surface area contributed by atoms with Crippen LogP contribution in [0.3, 0.4) is 0 Å². The molecule has 1 aliphatic rings. The van der Waals surface area contributed by atoms with E-state index in [2.05, 4.69) is 5.32 Å². The molecule has 0 radical (unpaired) electrons. The number of thiophene rings is 1. The number of ether oxygens (including phenoxy) is 1. The highest BCUT2D eigenvalue weighted by Gasteiger charge is 2.31. The van der Waals surface area contributed by atoms with Gasteiger partial charge in [-0.25, -0.2) is 0 Å². The molecule has 26 heavy (non-hydrogen) atoms. The van der Waals surface area contributed by atoms with Crippen LogP contribution in [-0.4, -0.2) is 35.9 Å². The Labute approximate surface area is 158 Å². The van der Waals surface area contributed by atoms with Gasteiger partial charge in [-0.3, -0.25) is 9.59 Å². The molecule has 3 rings (SSSR count). The summed E-state index contributed by atoms with van der Waals surface area (Å²) in [6, 6.07) is 13.6. The van der Waals surface area contributed by atoms with Crippen molar-refractivity contribution in [1.82, 2.24) is 10.2 Å². The summed E-state index contributed by atoms with van der Waals surface area (Å²) in [7, 11) is 0. The maximum absolute atomic E-state index is 12.9. The van der Waals surface area contributed by atoms with Crippen LogP contribution in [0.1, 0.15) is 42.9 Å². The SMILES string of the molecule is CC(=O)NC(CC(=O)N1CC(C)OC(c2ccccc2)C1)c1cccs1. The molecule has 1 fully saturated rings. The molecule has 2 heterocycles. The molecular weight excluding hydrogens is 348 g/mol. The summed E-state index contributed by atoms with van der Waals surface area (Å²) in [5.41, 5.74) is 1.08. The van der Waals surface area contributed by atoms with Crippen molar-refractivity contribution >= 4 is 23.2 Å². The van der Waals surface area contributed by atoms with Gasteiger partial charge in [-0.1, -0.05) is 36.4 Å². The maximum Gasteiger partial charge on any atom is 0.225 e. The van der Waals surface area contributed by atoms with Crippen LogP contribution in [0.4, 0.5) is 0 Å². The average Bonchev–Trinajstić information content (AvgIpc) is 3.15. The Morgan fingerprint density at radius 2 is 2.00 bits per heavy atom. The standard InChI is InChI=1S/C20H24N2O3S/c1-14-12-22(13-18(25-14)16-7-4-3-5-8-16)20(24)11-17(21-15(2)23)19-9-6-10-26-19/h3-10,14,17-18H,11-13H2,1-2H3,(H,21,23). The largest absolute Gasteiger partial charge is 0.367 e. The van der Waals surface area contributed by atoms with Crippen molar-refractivity contribution in [3.8, 4) is 0 Å². The van der Waals surface area contributed by atoms with Gasteiger partial charge in [0, 0.05) is 18.3 Å². The molecule has 0 aliphatic carbocycles. The van der Waals surface area contributed by atoms with E-state index in [4.69, 9.17) is 4.74 Å². The van der Waals surface area contributed by atoms with E-state index in [0.717, 1.165) is 10.4 Å². The molecule has 0 saturated carbocycles. The van der Waals surface area contributed by atoms with Crippen LogP contribution in [0.5, 0.6) is 0 Å². The molecule has 3 atom stereocenters. The quantitative estimate of drug-likeness (QED) is 0.876. The molecule has 1 saturated heterocycles. The number of rotatable bonds is 5. The first kappa shape index (κ1) is 18.6. The lowest BCUT2D eigenvalue weighted by atomic mass is 10.1. The second-order valence-electron chi connectivity index (χ2n) is 6.62. The number of morpholine rings is 1. The second-order valence-corrected chi connectivity index (χ2v) is 7.60. The number of amides is 2. The molecule has 1 aliphatic heterocycles. The fourth-order valence-electron chi connectivity index (χ4n) is 3.27. The van der Waals surface area contributed by atoms with Crippen LogP contribution in [0.2, 0.25) is 0 Å². The Balaban J connectivity index is 1.70. The van der Waals surface area contributed by atoms with Gasteiger partial charge in [0.15, 0.2) is 0 Å². The molecule has 1 aromatic heterocycles. The Morgan fingerprint density at radius 1 is 1.23 bits per heavy atom. The number of hydrogen-bond acceptors (Lipinski definition) is 4. The topological polar surface area (TPSA) is 58.6 Å². The molecule has 2 amide bonds. The summed E-state index contributed by atoms with van der Waals surface area (Å²) in [6.07, 6.45) is 0.109. The molecular formula is C20H24N2O3S. The van der Waals surface area contributed by atoms with E-state index < -0.39 is 0 Å². The van der Waals surface area contributed by atoms with Crippen LogP contribution in [0.15, 0.2) is 47.8 Å². The van der Waals surface area contributed by atoms with Gasteiger partial charge in [-0.05, 0) is 23.9 Å².